The lowest BCUT2D eigenvalue weighted by atomic mass is 9.61. The zero-order valence-corrected chi connectivity index (χ0v) is 34.4. The molecule has 0 spiro atoms. The van der Waals surface area contributed by atoms with Gasteiger partial charge in [0.05, 0.1) is 24.0 Å². The van der Waals surface area contributed by atoms with Crippen molar-refractivity contribution in [3.63, 3.8) is 0 Å². The maximum atomic E-state index is 7.14. The monoisotopic (exact) mass is 762 g/mol. The molecular formula is C56H58O2. The Bertz CT molecular complexity index is 1880. The number of hydrogen-bond acceptors (Lipinski definition) is 2. The molecule has 0 atom stereocenters. The average molecular weight is 763 g/mol. The third kappa shape index (κ3) is 8.39. The molecule has 2 heteroatoms. The van der Waals surface area contributed by atoms with E-state index in [2.05, 4.69) is 208 Å². The summed E-state index contributed by atoms with van der Waals surface area (Å²) >= 11 is 0. The summed E-state index contributed by atoms with van der Waals surface area (Å²) in [5.41, 5.74) is 7.73. The maximum absolute atomic E-state index is 7.14. The molecule has 7 aromatic rings. The van der Waals surface area contributed by atoms with Crippen molar-refractivity contribution in [1.29, 1.82) is 0 Å². The van der Waals surface area contributed by atoms with E-state index in [0.29, 0.717) is 13.2 Å². The summed E-state index contributed by atoms with van der Waals surface area (Å²) in [5, 5.41) is 0. The van der Waals surface area contributed by atoms with Crippen molar-refractivity contribution in [2.75, 3.05) is 13.2 Å². The second-order valence-electron chi connectivity index (χ2n) is 15.4. The molecule has 0 amide bonds. The normalized spacial score (nSPS) is 11.6. The molecule has 0 heterocycles. The first-order valence-corrected chi connectivity index (χ1v) is 21.5. The summed E-state index contributed by atoms with van der Waals surface area (Å²) in [7, 11) is 0. The van der Waals surface area contributed by atoms with Gasteiger partial charge in [0.1, 0.15) is 11.5 Å². The molecule has 2 nitrogen and oxygen atoms in total. The predicted molar refractivity (Wildman–Crippen MR) is 242 cm³/mol. The Hall–Kier alpha value is -5.86. The van der Waals surface area contributed by atoms with E-state index in [-0.39, 0.29) is 0 Å². The third-order valence-corrected chi connectivity index (χ3v) is 11.6. The number of rotatable bonds is 20. The fraction of sp³-hybridized carbons (Fsp3) is 0.250. The predicted octanol–water partition coefficient (Wildman–Crippen LogP) is 14.4. The van der Waals surface area contributed by atoms with Gasteiger partial charge in [0.2, 0.25) is 0 Å². The number of unbranched alkanes of at least 4 members (excludes halogenated alkanes) is 6. The zero-order chi connectivity index (χ0) is 39.9. The Morgan fingerprint density at radius 1 is 0.310 bits per heavy atom. The molecule has 0 unspecified atom stereocenters. The number of ether oxygens (including phenoxy) is 2. The van der Waals surface area contributed by atoms with Gasteiger partial charge in [-0.15, -0.1) is 0 Å². The Labute approximate surface area is 347 Å². The van der Waals surface area contributed by atoms with Crippen LogP contribution in [0.3, 0.4) is 0 Å². The smallest absolute Gasteiger partial charge is 0.127 e. The Kier molecular flexibility index (Phi) is 13.9. The van der Waals surface area contributed by atoms with E-state index in [1.165, 1.54) is 59.1 Å². The standard InChI is InChI=1S/C56H58O2/c1-3-5-7-27-41-57-53-44-54(58-42-28-8-6-4-2)52(56(48-35-21-12-22-36-48,49-37-23-13-24-38-49)50-39-25-14-26-40-50)43-51(53)55(45-29-15-9-16-30-45,46-31-17-10-18-32-46)47-33-19-11-20-34-47/h9-26,29-40,43-44H,3-8,27-28,41-42H2,1-2H3. The molecule has 294 valence electrons. The van der Waals surface area contributed by atoms with Gasteiger partial charge in [-0.1, -0.05) is 234 Å². The van der Waals surface area contributed by atoms with Gasteiger partial charge in [0, 0.05) is 17.2 Å². The van der Waals surface area contributed by atoms with Gasteiger partial charge in [-0.2, -0.15) is 0 Å². The summed E-state index contributed by atoms with van der Waals surface area (Å²) in [6, 6.07) is 70.7. The van der Waals surface area contributed by atoms with E-state index in [0.717, 1.165) is 48.3 Å². The molecule has 0 radical (unpaired) electrons. The Balaban J connectivity index is 1.64. The lowest BCUT2D eigenvalue weighted by Crippen LogP contribution is -2.35. The van der Waals surface area contributed by atoms with E-state index in [4.69, 9.17) is 9.47 Å². The SMILES string of the molecule is CCCCCCOc1cc(OCCCCCC)c(C(c2ccccc2)(c2ccccc2)c2ccccc2)cc1C(c1ccccc1)(c1ccccc1)c1ccccc1. The van der Waals surface area contributed by atoms with Gasteiger partial charge in [-0.3, -0.25) is 0 Å². The molecule has 0 saturated heterocycles. The van der Waals surface area contributed by atoms with Crippen LogP contribution in [0.2, 0.25) is 0 Å². The van der Waals surface area contributed by atoms with E-state index < -0.39 is 10.8 Å². The van der Waals surface area contributed by atoms with Gasteiger partial charge >= 0.3 is 0 Å². The first-order chi connectivity index (χ1) is 28.7. The van der Waals surface area contributed by atoms with Gasteiger partial charge < -0.3 is 9.47 Å². The molecule has 0 fully saturated rings. The molecule has 0 aliphatic rings. The molecular weight excluding hydrogens is 705 g/mol. The van der Waals surface area contributed by atoms with Crippen molar-refractivity contribution >= 4 is 0 Å². The van der Waals surface area contributed by atoms with E-state index in [9.17, 15) is 0 Å². The fourth-order valence-corrected chi connectivity index (χ4v) is 8.87. The molecule has 0 aromatic heterocycles. The minimum Gasteiger partial charge on any atom is -0.493 e. The second kappa shape index (κ2) is 20.0. The van der Waals surface area contributed by atoms with Crippen molar-refractivity contribution in [3.8, 4) is 11.5 Å². The van der Waals surface area contributed by atoms with Crippen LogP contribution in [0.15, 0.2) is 194 Å². The maximum Gasteiger partial charge on any atom is 0.127 e. The van der Waals surface area contributed by atoms with Crippen LogP contribution in [0, 0.1) is 0 Å². The summed E-state index contributed by atoms with van der Waals surface area (Å²) in [4.78, 5) is 0. The Morgan fingerprint density at radius 3 is 0.810 bits per heavy atom. The molecule has 0 saturated carbocycles. The lowest BCUT2D eigenvalue weighted by Gasteiger charge is -2.41. The highest BCUT2D eigenvalue weighted by molar-refractivity contribution is 5.70. The second-order valence-corrected chi connectivity index (χ2v) is 15.4. The van der Waals surface area contributed by atoms with Crippen LogP contribution in [-0.4, -0.2) is 13.2 Å². The average Bonchev–Trinajstić information content (AvgIpc) is 3.30. The van der Waals surface area contributed by atoms with Crippen LogP contribution in [-0.2, 0) is 10.8 Å². The highest BCUT2D eigenvalue weighted by atomic mass is 16.5. The van der Waals surface area contributed by atoms with Gasteiger partial charge in [-0.05, 0) is 52.3 Å². The van der Waals surface area contributed by atoms with E-state index >= 15 is 0 Å². The van der Waals surface area contributed by atoms with Crippen molar-refractivity contribution in [1.82, 2.24) is 0 Å². The molecule has 0 aliphatic heterocycles. The highest BCUT2D eigenvalue weighted by Gasteiger charge is 2.46. The first kappa shape index (κ1) is 40.3. The van der Waals surface area contributed by atoms with Crippen molar-refractivity contribution in [2.45, 2.75) is 76.0 Å². The highest BCUT2D eigenvalue weighted by Crippen LogP contribution is 2.55. The molecule has 0 aliphatic carbocycles. The summed E-state index contributed by atoms with van der Waals surface area (Å²) in [6.45, 7) is 5.76. The number of hydrogen-bond donors (Lipinski definition) is 0. The van der Waals surface area contributed by atoms with Crippen LogP contribution in [0.4, 0.5) is 0 Å². The van der Waals surface area contributed by atoms with Crippen molar-refractivity contribution in [2.24, 2.45) is 0 Å². The van der Waals surface area contributed by atoms with Crippen molar-refractivity contribution in [3.05, 3.63) is 239 Å². The molecule has 0 N–H and O–H groups in total. The van der Waals surface area contributed by atoms with Crippen LogP contribution in [0.1, 0.15) is 110 Å². The van der Waals surface area contributed by atoms with Crippen molar-refractivity contribution < 1.29 is 9.47 Å². The minimum atomic E-state index is -0.743. The zero-order valence-electron chi connectivity index (χ0n) is 34.4. The van der Waals surface area contributed by atoms with Gasteiger partial charge in [0.15, 0.2) is 0 Å². The van der Waals surface area contributed by atoms with Crippen LogP contribution < -0.4 is 9.47 Å². The summed E-state index contributed by atoms with van der Waals surface area (Å²) in [5.74, 6) is 1.70. The molecule has 7 rings (SSSR count). The third-order valence-electron chi connectivity index (χ3n) is 11.6. The van der Waals surface area contributed by atoms with E-state index in [1.807, 2.05) is 0 Å². The fourth-order valence-electron chi connectivity index (χ4n) is 8.87. The summed E-state index contributed by atoms with van der Waals surface area (Å²) < 4.78 is 14.3. The number of benzene rings is 7. The van der Waals surface area contributed by atoms with Crippen LogP contribution in [0.5, 0.6) is 11.5 Å². The Morgan fingerprint density at radius 2 is 0.569 bits per heavy atom. The first-order valence-electron chi connectivity index (χ1n) is 21.5. The van der Waals surface area contributed by atoms with Crippen LogP contribution >= 0.6 is 0 Å². The molecule has 0 bridgehead atoms. The van der Waals surface area contributed by atoms with Gasteiger partial charge in [-0.25, -0.2) is 0 Å². The summed E-state index contributed by atoms with van der Waals surface area (Å²) in [6.07, 6.45) is 8.97. The topological polar surface area (TPSA) is 18.5 Å². The molecule has 58 heavy (non-hydrogen) atoms. The quantitative estimate of drug-likeness (QED) is 0.0569. The van der Waals surface area contributed by atoms with Crippen LogP contribution in [0.25, 0.3) is 0 Å². The van der Waals surface area contributed by atoms with Gasteiger partial charge in [0.25, 0.3) is 0 Å². The molecule has 7 aromatic carbocycles. The lowest BCUT2D eigenvalue weighted by molar-refractivity contribution is 0.284. The largest absolute Gasteiger partial charge is 0.493 e. The minimum absolute atomic E-state index is 0.623. The van der Waals surface area contributed by atoms with E-state index in [1.54, 1.807) is 0 Å².